The Kier molecular flexibility index (Phi) is 4.39. The van der Waals surface area contributed by atoms with Gasteiger partial charge in [-0.1, -0.05) is 0 Å². The van der Waals surface area contributed by atoms with Crippen LogP contribution < -0.4 is 11.1 Å². The van der Waals surface area contributed by atoms with Crippen molar-refractivity contribution in [2.45, 2.75) is 37.0 Å². The first-order valence-corrected chi connectivity index (χ1v) is 6.30. The van der Waals surface area contributed by atoms with Crippen LogP contribution >= 0.6 is 11.8 Å². The number of carbonyl (C=O) groups is 3. The van der Waals surface area contributed by atoms with Gasteiger partial charge in [-0.2, -0.15) is 0 Å². The topological polar surface area (TPSA) is 109 Å². The van der Waals surface area contributed by atoms with Gasteiger partial charge in [0.25, 0.3) is 0 Å². The molecule has 0 spiro atoms. The smallest absolute Gasteiger partial charge is 0.326 e. The number of amides is 2. The fourth-order valence-corrected chi connectivity index (χ4v) is 2.89. The summed E-state index contributed by atoms with van der Waals surface area (Å²) in [6.45, 7) is 1.78. The van der Waals surface area contributed by atoms with E-state index in [4.69, 9.17) is 10.8 Å². The van der Waals surface area contributed by atoms with Crippen molar-refractivity contribution in [1.29, 1.82) is 0 Å². The lowest BCUT2D eigenvalue weighted by molar-refractivity contribution is -0.143. The summed E-state index contributed by atoms with van der Waals surface area (Å²) in [6.07, 6.45) is 1.26. The minimum atomic E-state index is -1.25. The first-order chi connectivity index (χ1) is 7.85. The Morgan fingerprint density at radius 1 is 1.53 bits per heavy atom. The van der Waals surface area contributed by atoms with Gasteiger partial charge in [-0.15, -0.1) is 11.8 Å². The first-order valence-electron chi connectivity index (χ1n) is 5.31. The molecular formula is C10H16N2O4S. The van der Waals surface area contributed by atoms with Gasteiger partial charge in [0.1, 0.15) is 6.04 Å². The van der Waals surface area contributed by atoms with E-state index < -0.39 is 22.7 Å². The summed E-state index contributed by atoms with van der Waals surface area (Å²) >= 11 is 1.50. The van der Waals surface area contributed by atoms with Gasteiger partial charge in [0.15, 0.2) is 0 Å². The Morgan fingerprint density at radius 3 is 2.59 bits per heavy atom. The number of carboxylic acids is 1. The third-order valence-corrected chi connectivity index (χ3v) is 4.23. The summed E-state index contributed by atoms with van der Waals surface area (Å²) in [5, 5.41) is 11.2. The van der Waals surface area contributed by atoms with Crippen molar-refractivity contribution < 1.29 is 19.5 Å². The largest absolute Gasteiger partial charge is 0.480 e. The van der Waals surface area contributed by atoms with Gasteiger partial charge in [0.2, 0.25) is 11.8 Å². The van der Waals surface area contributed by atoms with Crippen LogP contribution in [0.1, 0.15) is 26.2 Å². The number of hydrogen-bond acceptors (Lipinski definition) is 4. The third-order valence-electron chi connectivity index (χ3n) is 2.71. The van der Waals surface area contributed by atoms with Crippen LogP contribution in [0.2, 0.25) is 0 Å². The molecule has 17 heavy (non-hydrogen) atoms. The molecule has 0 aromatic rings. The number of hydrogen-bond donors (Lipinski definition) is 3. The highest BCUT2D eigenvalue weighted by molar-refractivity contribution is 8.01. The van der Waals surface area contributed by atoms with Gasteiger partial charge < -0.3 is 16.2 Å². The van der Waals surface area contributed by atoms with Gasteiger partial charge in [0, 0.05) is 0 Å². The Balaban J connectivity index is 2.63. The molecule has 1 saturated heterocycles. The molecule has 96 valence electrons. The van der Waals surface area contributed by atoms with E-state index in [0.717, 1.165) is 12.2 Å². The number of thioether (sulfide) groups is 1. The van der Waals surface area contributed by atoms with E-state index in [1.54, 1.807) is 6.92 Å². The van der Waals surface area contributed by atoms with Gasteiger partial charge in [-0.05, 0) is 25.5 Å². The van der Waals surface area contributed by atoms with Crippen molar-refractivity contribution in [3.8, 4) is 0 Å². The number of aliphatic carboxylic acids is 1. The average Bonchev–Trinajstić information content (AvgIpc) is 2.64. The van der Waals surface area contributed by atoms with Crippen molar-refractivity contribution in [2.75, 3.05) is 5.75 Å². The summed E-state index contributed by atoms with van der Waals surface area (Å²) in [4.78, 5) is 33.5. The third kappa shape index (κ3) is 3.62. The average molecular weight is 260 g/mol. The van der Waals surface area contributed by atoms with E-state index in [1.807, 2.05) is 0 Å². The van der Waals surface area contributed by atoms with Crippen LogP contribution in [0.25, 0.3) is 0 Å². The van der Waals surface area contributed by atoms with E-state index >= 15 is 0 Å². The minimum Gasteiger partial charge on any atom is -0.480 e. The maximum Gasteiger partial charge on any atom is 0.326 e. The van der Waals surface area contributed by atoms with E-state index in [9.17, 15) is 14.4 Å². The van der Waals surface area contributed by atoms with Crippen LogP contribution in [0, 0.1) is 0 Å². The molecule has 6 nitrogen and oxygen atoms in total. The van der Waals surface area contributed by atoms with E-state index in [0.29, 0.717) is 6.42 Å². The molecule has 0 aromatic heterocycles. The molecule has 2 atom stereocenters. The quantitative estimate of drug-likeness (QED) is 0.629. The van der Waals surface area contributed by atoms with Gasteiger partial charge >= 0.3 is 5.97 Å². The predicted octanol–water partition coefficient (Wildman–Crippen LogP) is -0.283. The molecular weight excluding hydrogens is 244 g/mol. The minimum absolute atomic E-state index is 0.339. The molecule has 1 heterocycles. The molecule has 1 fully saturated rings. The van der Waals surface area contributed by atoms with Crippen molar-refractivity contribution in [1.82, 2.24) is 5.32 Å². The number of nitrogens with one attached hydrogen (secondary N) is 1. The zero-order chi connectivity index (χ0) is 13.1. The number of carbonyl (C=O) groups excluding carboxylic acids is 2. The van der Waals surface area contributed by atoms with Crippen LogP contribution in [0.15, 0.2) is 0 Å². The van der Waals surface area contributed by atoms with E-state index in [-0.39, 0.29) is 12.3 Å². The molecule has 0 aromatic carbocycles. The Hall–Kier alpha value is -1.24. The van der Waals surface area contributed by atoms with Crippen molar-refractivity contribution in [3.05, 3.63) is 0 Å². The second-order valence-electron chi connectivity index (χ2n) is 4.22. The van der Waals surface area contributed by atoms with E-state index in [1.165, 1.54) is 11.8 Å². The Labute approximate surface area is 103 Å². The summed E-state index contributed by atoms with van der Waals surface area (Å²) in [6, 6.07) is -1.24. The molecule has 0 bridgehead atoms. The van der Waals surface area contributed by atoms with Gasteiger partial charge in [0.05, 0.1) is 11.2 Å². The second kappa shape index (κ2) is 5.39. The summed E-state index contributed by atoms with van der Waals surface area (Å²) in [7, 11) is 0. The summed E-state index contributed by atoms with van der Waals surface area (Å²) in [5.74, 6) is -1.45. The molecule has 1 aliphatic heterocycles. The van der Waals surface area contributed by atoms with Gasteiger partial charge in [-0.3, -0.25) is 9.59 Å². The fourth-order valence-electron chi connectivity index (χ4n) is 1.67. The lowest BCUT2D eigenvalue weighted by Crippen LogP contribution is -2.49. The zero-order valence-corrected chi connectivity index (χ0v) is 10.4. The van der Waals surface area contributed by atoms with Crippen molar-refractivity contribution in [3.63, 3.8) is 0 Å². The molecule has 1 aliphatic rings. The summed E-state index contributed by atoms with van der Waals surface area (Å²) in [5.41, 5.74) is 4.93. The number of primary amides is 1. The Morgan fingerprint density at radius 2 is 2.18 bits per heavy atom. The summed E-state index contributed by atoms with van der Waals surface area (Å²) < 4.78 is -0.592. The molecule has 1 unspecified atom stereocenters. The standard InChI is InChI=1S/C10H16N2O4S/c1-10(3-2-4-17-10)9(16)12-6(8(14)15)5-7(11)13/h6H,2-5H2,1H3,(H2,11,13)(H,12,16)(H,14,15)/t6-,10?/m0/s1. The SMILES string of the molecule is CC1(C(=O)N[C@@H](CC(N)=O)C(=O)O)CCCS1. The highest BCUT2D eigenvalue weighted by atomic mass is 32.2. The molecule has 4 N–H and O–H groups in total. The van der Waals surface area contributed by atoms with Crippen LogP contribution in [0.3, 0.4) is 0 Å². The maximum atomic E-state index is 11.9. The monoisotopic (exact) mass is 260 g/mol. The van der Waals surface area contributed by atoms with Gasteiger partial charge in [-0.25, -0.2) is 4.79 Å². The predicted molar refractivity (Wildman–Crippen MR) is 63.5 cm³/mol. The van der Waals surface area contributed by atoms with Crippen molar-refractivity contribution in [2.24, 2.45) is 5.73 Å². The molecule has 7 heteroatoms. The van der Waals surface area contributed by atoms with Crippen molar-refractivity contribution >= 4 is 29.5 Å². The number of carboxylic acid groups (broad SMARTS) is 1. The molecule has 0 radical (unpaired) electrons. The number of nitrogens with two attached hydrogens (primary N) is 1. The zero-order valence-electron chi connectivity index (χ0n) is 9.56. The first kappa shape index (κ1) is 13.8. The lowest BCUT2D eigenvalue weighted by Gasteiger charge is -2.23. The highest BCUT2D eigenvalue weighted by Gasteiger charge is 2.39. The van der Waals surface area contributed by atoms with Crippen LogP contribution in [0.4, 0.5) is 0 Å². The fraction of sp³-hybridized carbons (Fsp3) is 0.700. The lowest BCUT2D eigenvalue weighted by atomic mass is 10.0. The normalized spacial score (nSPS) is 25.2. The maximum absolute atomic E-state index is 11.9. The second-order valence-corrected chi connectivity index (χ2v) is 5.82. The van der Waals surface area contributed by atoms with E-state index in [2.05, 4.69) is 5.32 Å². The van der Waals surface area contributed by atoms with Crippen LogP contribution in [-0.2, 0) is 14.4 Å². The van der Waals surface area contributed by atoms with Crippen LogP contribution in [0.5, 0.6) is 0 Å². The van der Waals surface area contributed by atoms with Crippen LogP contribution in [-0.4, -0.2) is 39.4 Å². The Bertz CT molecular complexity index is 339. The molecule has 1 rings (SSSR count). The highest BCUT2D eigenvalue weighted by Crippen LogP contribution is 2.37. The molecule has 2 amide bonds. The number of rotatable bonds is 5. The molecule has 0 saturated carbocycles. The molecule has 0 aliphatic carbocycles.